The monoisotopic (exact) mass is 329 g/mol. The van der Waals surface area contributed by atoms with Crippen LogP contribution in [0.5, 0.6) is 0 Å². The Morgan fingerprint density at radius 1 is 1.30 bits per heavy atom. The molecule has 5 nitrogen and oxygen atoms in total. The maximum Gasteiger partial charge on any atom is 0.295 e. The van der Waals surface area contributed by atoms with Crippen molar-refractivity contribution in [2.24, 2.45) is 5.73 Å². The zero-order chi connectivity index (χ0) is 16.6. The van der Waals surface area contributed by atoms with E-state index in [1.54, 1.807) is 0 Å². The summed E-state index contributed by atoms with van der Waals surface area (Å²) in [4.78, 5) is 16.4. The van der Waals surface area contributed by atoms with Gasteiger partial charge in [-0.25, -0.2) is 9.55 Å². The standard InChI is InChI=1S/C17H17ClN4O/c1-11-9-12(2)22-10-21(15(16(19)23)17(22)20-11)8-7-13-3-5-14(18)6-4-13/h3-6,9-10H,7-8H2,1-2H3,(H-,19,23)/p+1. The van der Waals surface area contributed by atoms with Gasteiger partial charge in [-0.15, -0.1) is 0 Å². The number of aromatic nitrogens is 3. The van der Waals surface area contributed by atoms with Gasteiger partial charge in [-0.05, 0) is 31.5 Å². The Balaban J connectivity index is 1.99. The predicted octanol–water partition coefficient (Wildman–Crippen LogP) is 2.23. The summed E-state index contributed by atoms with van der Waals surface area (Å²) >= 11 is 5.90. The lowest BCUT2D eigenvalue weighted by Crippen LogP contribution is -2.41. The first-order valence-corrected chi connectivity index (χ1v) is 7.76. The molecular weight excluding hydrogens is 312 g/mol. The highest BCUT2D eigenvalue weighted by Gasteiger charge is 2.25. The second kappa shape index (κ2) is 6.01. The molecular formula is C17H18ClN4O+. The van der Waals surface area contributed by atoms with Crippen LogP contribution in [0.4, 0.5) is 0 Å². The molecule has 0 aliphatic heterocycles. The van der Waals surface area contributed by atoms with Crippen LogP contribution in [0, 0.1) is 13.8 Å². The largest absolute Gasteiger partial charge is 0.362 e. The Morgan fingerprint density at radius 2 is 2.00 bits per heavy atom. The molecule has 0 saturated heterocycles. The van der Waals surface area contributed by atoms with Crippen molar-refractivity contribution in [3.8, 4) is 0 Å². The summed E-state index contributed by atoms with van der Waals surface area (Å²) < 4.78 is 3.76. The maximum atomic E-state index is 11.9. The van der Waals surface area contributed by atoms with Gasteiger partial charge in [0.05, 0.1) is 6.54 Å². The number of primary amides is 1. The van der Waals surface area contributed by atoms with Gasteiger partial charge in [0.25, 0.3) is 23.6 Å². The number of rotatable bonds is 4. The lowest BCUT2D eigenvalue weighted by molar-refractivity contribution is -0.696. The minimum atomic E-state index is -0.471. The molecule has 0 unspecified atom stereocenters. The normalized spacial score (nSPS) is 11.1. The van der Waals surface area contributed by atoms with Gasteiger partial charge < -0.3 is 5.73 Å². The minimum Gasteiger partial charge on any atom is -0.362 e. The lowest BCUT2D eigenvalue weighted by atomic mass is 10.1. The Hall–Kier alpha value is -2.40. The van der Waals surface area contributed by atoms with E-state index >= 15 is 0 Å². The quantitative estimate of drug-likeness (QED) is 0.746. The summed E-state index contributed by atoms with van der Waals surface area (Å²) in [5, 5.41) is 0.712. The number of halogens is 1. The molecule has 0 aliphatic carbocycles. The van der Waals surface area contributed by atoms with Crippen LogP contribution in [0.3, 0.4) is 0 Å². The van der Waals surface area contributed by atoms with Crippen molar-refractivity contribution in [3.05, 3.63) is 64.3 Å². The van der Waals surface area contributed by atoms with Gasteiger partial charge in [0.2, 0.25) is 0 Å². The molecule has 3 rings (SSSR count). The van der Waals surface area contributed by atoms with Gasteiger partial charge in [0.1, 0.15) is 5.69 Å². The molecule has 23 heavy (non-hydrogen) atoms. The van der Waals surface area contributed by atoms with E-state index in [2.05, 4.69) is 4.98 Å². The molecule has 2 N–H and O–H groups in total. The number of hydrogen-bond acceptors (Lipinski definition) is 2. The van der Waals surface area contributed by atoms with Gasteiger partial charge in [-0.1, -0.05) is 23.7 Å². The van der Waals surface area contributed by atoms with Crippen LogP contribution in [0.1, 0.15) is 27.4 Å². The number of amides is 1. The van der Waals surface area contributed by atoms with Crippen LogP contribution < -0.4 is 10.3 Å². The number of carbonyl (C=O) groups is 1. The number of carbonyl (C=O) groups excluding carboxylic acids is 1. The van der Waals surface area contributed by atoms with E-state index in [1.807, 2.05) is 59.5 Å². The smallest absolute Gasteiger partial charge is 0.295 e. The summed E-state index contributed by atoms with van der Waals surface area (Å²) in [6.07, 6.45) is 2.66. The molecule has 0 spiro atoms. The molecule has 0 radical (unpaired) electrons. The molecule has 1 aromatic carbocycles. The van der Waals surface area contributed by atoms with Gasteiger partial charge in [0.15, 0.2) is 0 Å². The SMILES string of the molecule is Cc1cc(C)n2c[n+](CCc3ccc(Cl)cc3)c(C(N)=O)c2n1. The fourth-order valence-corrected chi connectivity index (χ4v) is 2.88. The maximum absolute atomic E-state index is 11.9. The van der Waals surface area contributed by atoms with Crippen LogP contribution in [-0.4, -0.2) is 15.3 Å². The highest BCUT2D eigenvalue weighted by Crippen LogP contribution is 2.12. The number of nitrogens with two attached hydrogens (primary N) is 1. The Labute approximate surface area is 139 Å². The van der Waals surface area contributed by atoms with Crippen LogP contribution in [0.15, 0.2) is 36.7 Å². The van der Waals surface area contributed by atoms with Crippen LogP contribution >= 0.6 is 11.6 Å². The van der Waals surface area contributed by atoms with E-state index in [0.29, 0.717) is 22.9 Å². The first-order valence-electron chi connectivity index (χ1n) is 7.38. The second-order valence-electron chi connectivity index (χ2n) is 5.63. The zero-order valence-electron chi connectivity index (χ0n) is 13.1. The molecule has 3 aromatic rings. The third-order valence-corrected chi connectivity index (χ3v) is 4.10. The average molecular weight is 330 g/mol. The number of nitrogens with zero attached hydrogens (tertiary/aromatic N) is 3. The van der Waals surface area contributed by atoms with Gasteiger partial charge in [-0.2, -0.15) is 4.40 Å². The molecule has 2 aromatic heterocycles. The summed E-state index contributed by atoms with van der Waals surface area (Å²) in [7, 11) is 0. The van der Waals surface area contributed by atoms with E-state index in [0.717, 1.165) is 23.4 Å². The summed E-state index contributed by atoms with van der Waals surface area (Å²) in [6.45, 7) is 4.53. The second-order valence-corrected chi connectivity index (χ2v) is 6.07. The number of benzene rings is 1. The van der Waals surface area contributed by atoms with E-state index < -0.39 is 5.91 Å². The zero-order valence-corrected chi connectivity index (χ0v) is 13.8. The molecule has 1 amide bonds. The van der Waals surface area contributed by atoms with Crippen molar-refractivity contribution >= 4 is 23.2 Å². The Kier molecular flexibility index (Phi) is 4.05. The molecule has 2 heterocycles. The van der Waals surface area contributed by atoms with Crippen LogP contribution in [0.25, 0.3) is 5.65 Å². The lowest BCUT2D eigenvalue weighted by Gasteiger charge is -2.01. The van der Waals surface area contributed by atoms with Crippen molar-refractivity contribution in [1.82, 2.24) is 9.38 Å². The summed E-state index contributed by atoms with van der Waals surface area (Å²) in [5.74, 6) is -0.471. The molecule has 0 aliphatic rings. The van der Waals surface area contributed by atoms with Gasteiger partial charge in [-0.3, -0.25) is 4.79 Å². The van der Waals surface area contributed by atoms with Crippen LogP contribution in [0.2, 0.25) is 5.02 Å². The number of fused-ring (bicyclic) bond motifs is 1. The number of hydrogen-bond donors (Lipinski definition) is 1. The molecule has 118 valence electrons. The van der Waals surface area contributed by atoms with Crippen molar-refractivity contribution in [1.29, 1.82) is 0 Å². The fraction of sp³-hybridized carbons (Fsp3) is 0.235. The van der Waals surface area contributed by atoms with Crippen molar-refractivity contribution < 1.29 is 9.36 Å². The molecule has 0 saturated carbocycles. The topological polar surface area (TPSA) is 64.3 Å². The third-order valence-electron chi connectivity index (χ3n) is 3.85. The Bertz CT molecular complexity index is 884. The van der Waals surface area contributed by atoms with Crippen molar-refractivity contribution in [3.63, 3.8) is 0 Å². The minimum absolute atomic E-state index is 0.436. The Morgan fingerprint density at radius 3 is 2.65 bits per heavy atom. The van der Waals surface area contributed by atoms with E-state index in [1.165, 1.54) is 0 Å². The highest BCUT2D eigenvalue weighted by atomic mass is 35.5. The molecule has 6 heteroatoms. The van der Waals surface area contributed by atoms with Gasteiger partial charge >= 0.3 is 0 Å². The first kappa shape index (κ1) is 15.5. The average Bonchev–Trinajstić information content (AvgIpc) is 2.85. The molecule has 0 fully saturated rings. The summed E-state index contributed by atoms with van der Waals surface area (Å²) in [5.41, 5.74) is 9.64. The molecule has 0 atom stereocenters. The van der Waals surface area contributed by atoms with E-state index in [-0.39, 0.29) is 0 Å². The van der Waals surface area contributed by atoms with E-state index in [4.69, 9.17) is 17.3 Å². The third kappa shape index (κ3) is 3.05. The van der Waals surface area contributed by atoms with Gasteiger partial charge in [0, 0.05) is 23.2 Å². The molecule has 0 bridgehead atoms. The summed E-state index contributed by atoms with van der Waals surface area (Å²) in [6, 6.07) is 9.66. The first-order chi connectivity index (χ1) is 11.0. The van der Waals surface area contributed by atoms with Crippen LogP contribution in [-0.2, 0) is 13.0 Å². The predicted molar refractivity (Wildman–Crippen MR) is 88.5 cm³/mol. The fourth-order valence-electron chi connectivity index (χ4n) is 2.75. The number of aryl methyl sites for hydroxylation is 4. The number of imidazole rings is 1. The van der Waals surface area contributed by atoms with E-state index in [9.17, 15) is 4.79 Å². The highest BCUT2D eigenvalue weighted by molar-refractivity contribution is 6.30. The van der Waals surface area contributed by atoms with Crippen molar-refractivity contribution in [2.45, 2.75) is 26.8 Å². The van der Waals surface area contributed by atoms with Crippen molar-refractivity contribution in [2.75, 3.05) is 0 Å².